The molecule has 0 saturated heterocycles. The van der Waals surface area contributed by atoms with Crippen LogP contribution in [-0.4, -0.2) is 37.2 Å². The van der Waals surface area contributed by atoms with E-state index in [1.807, 2.05) is 0 Å². The van der Waals surface area contributed by atoms with Crippen LogP contribution in [0.1, 0.15) is 380 Å². The normalized spacial score (nSPS) is 12.0. The van der Waals surface area contributed by atoms with Crippen molar-refractivity contribution in [1.82, 2.24) is 0 Å². The minimum atomic E-state index is -0.769. The molecule has 0 aromatic rings. The molecule has 0 radical (unpaired) electrons. The summed E-state index contributed by atoms with van der Waals surface area (Å²) in [6.07, 6.45) is 73.6. The summed E-state index contributed by atoms with van der Waals surface area (Å²) in [6.45, 7) is 6.71. The lowest BCUT2D eigenvalue weighted by atomic mass is 10.0. The molecule has 0 fully saturated rings. The fourth-order valence-corrected chi connectivity index (χ4v) is 10.3. The van der Waals surface area contributed by atoms with Crippen LogP contribution in [0.15, 0.2) is 12.2 Å². The van der Waals surface area contributed by atoms with Crippen molar-refractivity contribution in [2.45, 2.75) is 386 Å². The lowest BCUT2D eigenvalue weighted by Crippen LogP contribution is -2.30. The molecule has 0 bridgehead atoms. The van der Waals surface area contributed by atoms with Crippen molar-refractivity contribution in [3.05, 3.63) is 12.2 Å². The molecule has 1 atom stereocenters. The van der Waals surface area contributed by atoms with E-state index in [0.29, 0.717) is 19.3 Å². The van der Waals surface area contributed by atoms with Crippen LogP contribution in [0.3, 0.4) is 0 Å². The maximum Gasteiger partial charge on any atom is 0.306 e. The molecule has 0 unspecified atom stereocenters. The second-order valence-corrected chi connectivity index (χ2v) is 22.7. The first-order valence-corrected chi connectivity index (χ1v) is 33.2. The highest BCUT2D eigenvalue weighted by Crippen LogP contribution is 2.18. The lowest BCUT2D eigenvalue weighted by molar-refractivity contribution is -0.167. The van der Waals surface area contributed by atoms with Crippen molar-refractivity contribution < 1.29 is 28.6 Å². The summed E-state index contributed by atoms with van der Waals surface area (Å²) < 4.78 is 17.0. The molecule has 0 N–H and O–H groups in total. The van der Waals surface area contributed by atoms with E-state index in [1.165, 1.54) is 276 Å². The Morgan fingerprint density at radius 2 is 0.452 bits per heavy atom. The smallest absolute Gasteiger partial charge is 0.306 e. The predicted molar refractivity (Wildman–Crippen MR) is 317 cm³/mol. The number of carbonyl (C=O) groups is 3. The molecule has 0 amide bonds. The second kappa shape index (κ2) is 62.7. The van der Waals surface area contributed by atoms with Crippen molar-refractivity contribution in [2.75, 3.05) is 13.2 Å². The number of hydrogen-bond donors (Lipinski definition) is 0. The van der Waals surface area contributed by atoms with Crippen LogP contribution < -0.4 is 0 Å². The summed E-state index contributed by atoms with van der Waals surface area (Å²) in [5.41, 5.74) is 0. The standard InChI is InChI=1S/C67H128O6/c1-4-7-10-13-16-19-22-25-28-30-32-33-35-37-40-43-46-49-52-55-58-61-67(70)73-64(62-71-65(68)59-56-53-50-47-44-41-38-27-24-21-18-15-12-9-6-3)63-72-66(69)60-57-54-51-48-45-42-39-36-34-31-29-26-23-20-17-14-11-8-5-2/h27,38,64H,4-26,28-37,39-63H2,1-3H3/b38-27-/t64-/m1/s1. The Labute approximate surface area is 456 Å². The Kier molecular flexibility index (Phi) is 61.1. The van der Waals surface area contributed by atoms with Gasteiger partial charge < -0.3 is 14.2 Å². The van der Waals surface area contributed by atoms with Crippen LogP contribution in [0.25, 0.3) is 0 Å². The van der Waals surface area contributed by atoms with Gasteiger partial charge in [-0.1, -0.05) is 328 Å². The molecule has 6 nitrogen and oxygen atoms in total. The lowest BCUT2D eigenvalue weighted by Gasteiger charge is -2.18. The fourth-order valence-electron chi connectivity index (χ4n) is 10.3. The van der Waals surface area contributed by atoms with Crippen LogP contribution in [0.5, 0.6) is 0 Å². The van der Waals surface area contributed by atoms with Crippen molar-refractivity contribution >= 4 is 17.9 Å². The summed E-state index contributed by atoms with van der Waals surface area (Å²) >= 11 is 0. The Balaban J connectivity index is 4.28. The third-order valence-electron chi connectivity index (χ3n) is 15.3. The number of allylic oxidation sites excluding steroid dienone is 2. The minimum Gasteiger partial charge on any atom is -0.462 e. The van der Waals surface area contributed by atoms with Gasteiger partial charge in [-0.05, 0) is 44.9 Å². The topological polar surface area (TPSA) is 78.9 Å². The largest absolute Gasteiger partial charge is 0.462 e. The highest BCUT2D eigenvalue weighted by atomic mass is 16.6. The SMILES string of the molecule is CCCCCCCC/C=C\CCCCCCCC(=O)OC[C@H](COC(=O)CCCCCCCCCCCCCCCCCCCCC)OC(=O)CCCCCCCCCCCCCCCCCCCCCCC. The van der Waals surface area contributed by atoms with Crippen LogP contribution in [0.4, 0.5) is 0 Å². The quantitative estimate of drug-likeness (QED) is 0.0261. The molecule has 0 aliphatic heterocycles. The number of hydrogen-bond acceptors (Lipinski definition) is 6. The molecule has 0 aromatic heterocycles. The van der Waals surface area contributed by atoms with Crippen LogP contribution in [0, 0.1) is 0 Å². The molecule has 0 spiro atoms. The van der Waals surface area contributed by atoms with Crippen LogP contribution in [-0.2, 0) is 28.6 Å². The van der Waals surface area contributed by atoms with Gasteiger partial charge in [-0.25, -0.2) is 0 Å². The highest BCUT2D eigenvalue weighted by molar-refractivity contribution is 5.71. The van der Waals surface area contributed by atoms with Gasteiger partial charge in [0.2, 0.25) is 0 Å². The molecule has 0 heterocycles. The monoisotopic (exact) mass is 1030 g/mol. The average Bonchev–Trinajstić information content (AvgIpc) is 3.39. The maximum atomic E-state index is 12.9. The number of esters is 3. The average molecular weight is 1030 g/mol. The fraction of sp³-hybridized carbons (Fsp3) is 0.925. The van der Waals surface area contributed by atoms with Crippen LogP contribution in [0.2, 0.25) is 0 Å². The van der Waals surface area contributed by atoms with Gasteiger partial charge in [0.05, 0.1) is 0 Å². The van der Waals surface area contributed by atoms with E-state index in [-0.39, 0.29) is 31.1 Å². The summed E-state index contributed by atoms with van der Waals surface area (Å²) in [6, 6.07) is 0. The third-order valence-corrected chi connectivity index (χ3v) is 15.3. The Bertz CT molecular complexity index is 1130. The summed E-state index contributed by atoms with van der Waals surface area (Å²) in [4.78, 5) is 38.3. The third kappa shape index (κ3) is 60.9. The summed E-state index contributed by atoms with van der Waals surface area (Å²) in [5, 5.41) is 0. The maximum absolute atomic E-state index is 12.9. The zero-order valence-electron chi connectivity index (χ0n) is 49.7. The zero-order valence-corrected chi connectivity index (χ0v) is 49.7. The summed E-state index contributed by atoms with van der Waals surface area (Å²) in [7, 11) is 0. The zero-order chi connectivity index (χ0) is 52.9. The van der Waals surface area contributed by atoms with E-state index in [4.69, 9.17) is 14.2 Å². The van der Waals surface area contributed by atoms with E-state index >= 15 is 0 Å². The Morgan fingerprint density at radius 1 is 0.260 bits per heavy atom. The first-order chi connectivity index (χ1) is 36.0. The molecule has 0 aromatic carbocycles. The molecular weight excluding hydrogens is 901 g/mol. The first-order valence-electron chi connectivity index (χ1n) is 33.2. The second-order valence-electron chi connectivity index (χ2n) is 22.7. The molecule has 73 heavy (non-hydrogen) atoms. The van der Waals surface area contributed by atoms with Gasteiger partial charge in [0.15, 0.2) is 6.10 Å². The minimum absolute atomic E-state index is 0.0658. The molecule has 0 saturated carbocycles. The van der Waals surface area contributed by atoms with Crippen molar-refractivity contribution in [1.29, 1.82) is 0 Å². The first kappa shape index (κ1) is 71.2. The molecule has 432 valence electrons. The van der Waals surface area contributed by atoms with E-state index in [9.17, 15) is 14.4 Å². The number of ether oxygens (including phenoxy) is 3. The Hall–Kier alpha value is -1.85. The van der Waals surface area contributed by atoms with E-state index in [1.54, 1.807) is 0 Å². The van der Waals surface area contributed by atoms with Gasteiger partial charge in [0, 0.05) is 19.3 Å². The van der Waals surface area contributed by atoms with Crippen molar-refractivity contribution in [3.8, 4) is 0 Å². The van der Waals surface area contributed by atoms with Crippen molar-refractivity contribution in [3.63, 3.8) is 0 Å². The molecule has 6 heteroatoms. The van der Waals surface area contributed by atoms with Gasteiger partial charge >= 0.3 is 17.9 Å². The highest BCUT2D eigenvalue weighted by Gasteiger charge is 2.19. The molecular formula is C67H128O6. The van der Waals surface area contributed by atoms with E-state index in [0.717, 1.165) is 64.2 Å². The van der Waals surface area contributed by atoms with Gasteiger partial charge in [-0.15, -0.1) is 0 Å². The number of carbonyl (C=O) groups excluding carboxylic acids is 3. The van der Waals surface area contributed by atoms with Gasteiger partial charge in [-0.3, -0.25) is 14.4 Å². The number of rotatable bonds is 62. The molecule has 0 rings (SSSR count). The van der Waals surface area contributed by atoms with Crippen molar-refractivity contribution in [2.24, 2.45) is 0 Å². The number of unbranched alkanes of at least 4 members (excludes halogenated alkanes) is 49. The molecule has 0 aliphatic rings. The van der Waals surface area contributed by atoms with Crippen LogP contribution >= 0.6 is 0 Å². The van der Waals surface area contributed by atoms with Gasteiger partial charge in [-0.2, -0.15) is 0 Å². The van der Waals surface area contributed by atoms with E-state index < -0.39 is 6.10 Å². The Morgan fingerprint density at radius 3 is 0.685 bits per heavy atom. The van der Waals surface area contributed by atoms with Gasteiger partial charge in [0.1, 0.15) is 13.2 Å². The van der Waals surface area contributed by atoms with Gasteiger partial charge in [0.25, 0.3) is 0 Å². The van der Waals surface area contributed by atoms with E-state index in [2.05, 4.69) is 32.9 Å². The molecule has 0 aliphatic carbocycles. The predicted octanol–water partition coefficient (Wildman–Crippen LogP) is 22.4. The summed E-state index contributed by atoms with van der Waals surface area (Å²) in [5.74, 6) is -0.841.